The largest absolute Gasteiger partial charge is 1.00 e. The van der Waals surface area contributed by atoms with E-state index >= 15 is 0 Å². The van der Waals surface area contributed by atoms with Gasteiger partial charge in [-0.2, -0.15) is 14.6 Å². The van der Waals surface area contributed by atoms with Gasteiger partial charge in [-0.1, -0.05) is 42.0 Å². The Bertz CT molecular complexity index is 1330. The van der Waals surface area contributed by atoms with Crippen LogP contribution in [0.5, 0.6) is 0 Å². The quantitative estimate of drug-likeness (QED) is 0.274. The molecule has 6 nitrogen and oxygen atoms in total. The van der Waals surface area contributed by atoms with Crippen molar-refractivity contribution in [3.05, 3.63) is 71.8 Å². The Balaban J connectivity index is 0.00000256. The van der Waals surface area contributed by atoms with Gasteiger partial charge in [0.1, 0.15) is 10.1 Å². The van der Waals surface area contributed by atoms with Crippen molar-refractivity contribution < 1.29 is 42.5 Å². The third-order valence-electron chi connectivity index (χ3n) is 4.50. The van der Waals surface area contributed by atoms with Crippen LogP contribution in [-0.4, -0.2) is 17.3 Å². The van der Waals surface area contributed by atoms with Crippen molar-refractivity contribution in [3.63, 3.8) is 0 Å². The Hall–Kier alpha value is -1.94. The fourth-order valence-electron chi connectivity index (χ4n) is 3.01. The summed E-state index contributed by atoms with van der Waals surface area (Å²) in [5.41, 5.74) is 4.49. The van der Waals surface area contributed by atoms with Gasteiger partial charge in [-0.25, -0.2) is 8.42 Å². The number of nitrogens with zero attached hydrogens (tertiary/aromatic N) is 3. The normalized spacial score (nSPS) is 11.7. The van der Waals surface area contributed by atoms with Gasteiger partial charge in [-0.05, 0) is 55.2 Å². The molecule has 1 aromatic heterocycles. The van der Waals surface area contributed by atoms with Crippen LogP contribution in [0.3, 0.4) is 0 Å². The summed E-state index contributed by atoms with van der Waals surface area (Å²) in [5.74, 6) is 0. The molecule has 0 aliphatic rings. The van der Waals surface area contributed by atoms with Crippen LogP contribution in [0.15, 0.2) is 75.8 Å². The third-order valence-corrected chi connectivity index (χ3v) is 6.53. The molecule has 3 aromatic carbocycles. The van der Waals surface area contributed by atoms with Gasteiger partial charge in [0.15, 0.2) is 0 Å². The molecule has 0 amide bonds. The van der Waals surface area contributed by atoms with E-state index < -0.39 is 10.1 Å². The Morgan fingerprint density at radius 3 is 2.00 bits per heavy atom. The number of aryl methyl sites for hydroxylation is 2. The minimum atomic E-state index is -4.58. The molecule has 0 saturated carbocycles. The molecule has 0 atom stereocenters. The minimum absolute atomic E-state index is 0. The van der Waals surface area contributed by atoms with Crippen LogP contribution < -0.4 is 29.6 Å². The molecule has 0 radical (unpaired) electrons. The van der Waals surface area contributed by atoms with Crippen molar-refractivity contribution in [1.82, 2.24) is 4.37 Å². The zero-order valence-corrected chi connectivity index (χ0v) is 20.3. The molecule has 0 spiro atoms. The van der Waals surface area contributed by atoms with Crippen LogP contribution >= 0.6 is 11.5 Å². The Morgan fingerprint density at radius 2 is 1.43 bits per heavy atom. The molecular formula is C21H16N3NaO3S2. The monoisotopic (exact) mass is 445 g/mol. The second-order valence-corrected chi connectivity index (χ2v) is 8.75. The third kappa shape index (κ3) is 4.69. The average molecular weight is 446 g/mol. The van der Waals surface area contributed by atoms with Crippen molar-refractivity contribution in [2.45, 2.75) is 18.7 Å². The van der Waals surface area contributed by atoms with Crippen LogP contribution in [0.2, 0.25) is 0 Å². The number of hydrogen-bond acceptors (Lipinski definition) is 7. The molecule has 4 aromatic rings. The molecule has 0 fully saturated rings. The Labute approximate surface area is 200 Å². The van der Waals surface area contributed by atoms with Crippen LogP contribution in [-0.2, 0) is 10.1 Å². The van der Waals surface area contributed by atoms with Gasteiger partial charge in [-0.3, -0.25) is 0 Å². The number of azo groups is 1. The molecule has 0 N–H and O–H groups in total. The summed E-state index contributed by atoms with van der Waals surface area (Å²) in [7, 11) is -4.58. The first-order valence-electron chi connectivity index (χ1n) is 8.77. The first kappa shape index (κ1) is 22.7. The van der Waals surface area contributed by atoms with E-state index in [0.717, 1.165) is 28.3 Å². The van der Waals surface area contributed by atoms with E-state index in [1.165, 1.54) is 0 Å². The van der Waals surface area contributed by atoms with Gasteiger partial charge in [0.2, 0.25) is 0 Å². The van der Waals surface area contributed by atoms with Crippen LogP contribution in [0, 0.1) is 13.8 Å². The van der Waals surface area contributed by atoms with E-state index in [1.54, 1.807) is 19.1 Å². The van der Waals surface area contributed by atoms with E-state index in [9.17, 15) is 13.0 Å². The number of hydrogen-bond donors (Lipinski definition) is 0. The minimum Gasteiger partial charge on any atom is -0.744 e. The zero-order valence-electron chi connectivity index (χ0n) is 16.7. The summed E-state index contributed by atoms with van der Waals surface area (Å²) < 4.78 is 39.8. The summed E-state index contributed by atoms with van der Waals surface area (Å²) in [5, 5.41) is 9.10. The topological polar surface area (TPSA) is 94.8 Å². The fraction of sp³-hybridized carbons (Fsp3) is 0.0952. The summed E-state index contributed by atoms with van der Waals surface area (Å²) in [4.78, 5) is -0.192. The molecule has 0 aliphatic carbocycles. The maximum atomic E-state index is 11.7. The van der Waals surface area contributed by atoms with Gasteiger partial charge < -0.3 is 4.55 Å². The first-order chi connectivity index (χ1) is 13.8. The standard InChI is InChI=1S/C21H17N3O3S2.Na/c1-13-3-8-16(9-4-13)22-23-17-10-6-15(7-11-17)19-18-12-5-14(2)21(29(25,26)27)20(18)28-24-19;/h3-12H,1-2H3,(H,25,26,27);/q;+1/p-1. The molecule has 0 unspecified atom stereocenters. The summed E-state index contributed by atoms with van der Waals surface area (Å²) in [6.07, 6.45) is 0. The molecule has 9 heteroatoms. The van der Waals surface area contributed by atoms with Crippen LogP contribution in [0.4, 0.5) is 11.4 Å². The van der Waals surface area contributed by atoms with Crippen molar-refractivity contribution in [3.8, 4) is 11.3 Å². The van der Waals surface area contributed by atoms with E-state index in [0.29, 0.717) is 27.0 Å². The smallest absolute Gasteiger partial charge is 0.744 e. The van der Waals surface area contributed by atoms with Gasteiger partial charge in [0.05, 0.1) is 26.7 Å². The number of aromatic nitrogens is 1. The van der Waals surface area contributed by atoms with Crippen molar-refractivity contribution >= 4 is 43.1 Å². The maximum Gasteiger partial charge on any atom is 1.00 e. The van der Waals surface area contributed by atoms with E-state index in [-0.39, 0.29) is 34.5 Å². The second-order valence-electron chi connectivity index (χ2n) is 6.66. The molecule has 0 bridgehead atoms. The van der Waals surface area contributed by atoms with E-state index in [4.69, 9.17) is 0 Å². The summed E-state index contributed by atoms with van der Waals surface area (Å²) in [6, 6.07) is 18.5. The first-order valence-corrected chi connectivity index (χ1v) is 10.9. The maximum absolute atomic E-state index is 11.7. The van der Waals surface area contributed by atoms with Crippen LogP contribution in [0.1, 0.15) is 11.1 Å². The number of fused-ring (bicyclic) bond motifs is 1. The zero-order chi connectivity index (χ0) is 20.6. The molecule has 0 aliphatic heterocycles. The van der Waals surface area contributed by atoms with Gasteiger partial charge in [0, 0.05) is 10.9 Å². The molecule has 146 valence electrons. The summed E-state index contributed by atoms with van der Waals surface area (Å²) >= 11 is 1.02. The van der Waals surface area contributed by atoms with Crippen molar-refractivity contribution in [2.75, 3.05) is 0 Å². The van der Waals surface area contributed by atoms with Crippen LogP contribution in [0.25, 0.3) is 21.3 Å². The van der Waals surface area contributed by atoms with E-state index in [2.05, 4.69) is 14.6 Å². The predicted molar refractivity (Wildman–Crippen MR) is 113 cm³/mol. The Morgan fingerprint density at radius 1 is 0.867 bits per heavy atom. The van der Waals surface area contributed by atoms with Crippen molar-refractivity contribution in [2.24, 2.45) is 10.2 Å². The van der Waals surface area contributed by atoms with Gasteiger partial charge >= 0.3 is 29.6 Å². The van der Waals surface area contributed by atoms with Crippen molar-refractivity contribution in [1.29, 1.82) is 0 Å². The Kier molecular flexibility index (Phi) is 6.86. The van der Waals surface area contributed by atoms with E-state index in [1.807, 2.05) is 55.5 Å². The molecule has 0 saturated heterocycles. The molecule has 4 rings (SSSR count). The molecular weight excluding hydrogens is 429 g/mol. The fourth-order valence-corrected chi connectivity index (χ4v) is 5.12. The average Bonchev–Trinajstić information content (AvgIpc) is 3.10. The summed E-state index contributed by atoms with van der Waals surface area (Å²) in [6.45, 7) is 3.62. The molecule has 30 heavy (non-hydrogen) atoms. The second kappa shape index (κ2) is 9.05. The SMILES string of the molecule is Cc1ccc(N=Nc2ccc(-c3nsc4c(S(=O)(=O)[O-])c(C)ccc34)cc2)cc1.[Na+]. The number of rotatable bonds is 4. The van der Waals surface area contributed by atoms with Gasteiger partial charge in [0.25, 0.3) is 0 Å². The van der Waals surface area contributed by atoms with Gasteiger partial charge in [-0.15, -0.1) is 0 Å². The predicted octanol–water partition coefficient (Wildman–Crippen LogP) is 2.90. The number of benzene rings is 3. The molecule has 1 heterocycles.